The van der Waals surface area contributed by atoms with E-state index in [1.165, 1.54) is 12.8 Å². The number of ether oxygens (including phenoxy) is 1. The smallest absolute Gasteiger partial charge is 0.225 e. The van der Waals surface area contributed by atoms with Crippen molar-refractivity contribution in [3.05, 3.63) is 24.3 Å². The van der Waals surface area contributed by atoms with Gasteiger partial charge >= 0.3 is 0 Å². The molecular weight excluding hydrogens is 240 g/mol. The van der Waals surface area contributed by atoms with Gasteiger partial charge in [0.15, 0.2) is 0 Å². The zero-order valence-corrected chi connectivity index (χ0v) is 11.7. The standard InChI is InChI=1S/C15H22N2O2/c1-17-10-4-3-5-13(17)11-15(18)16-12-6-8-14(19-2)9-7-12/h6-9,13H,3-5,10-11H2,1-2H3,(H,16,18). The second-order valence-electron chi connectivity index (χ2n) is 5.11. The van der Waals surface area contributed by atoms with Crippen molar-refractivity contribution < 1.29 is 9.53 Å². The first kappa shape index (κ1) is 13.9. The van der Waals surface area contributed by atoms with E-state index in [-0.39, 0.29) is 5.91 Å². The van der Waals surface area contributed by atoms with Gasteiger partial charge in [-0.3, -0.25) is 4.79 Å². The van der Waals surface area contributed by atoms with Gasteiger partial charge in [0.1, 0.15) is 5.75 Å². The van der Waals surface area contributed by atoms with Gasteiger partial charge in [0.25, 0.3) is 0 Å². The van der Waals surface area contributed by atoms with Crippen LogP contribution in [0.3, 0.4) is 0 Å². The van der Waals surface area contributed by atoms with Gasteiger partial charge in [-0.05, 0) is 50.7 Å². The number of rotatable bonds is 4. The SMILES string of the molecule is COc1ccc(NC(=O)CC2CCCCN2C)cc1. The Morgan fingerprint density at radius 3 is 2.74 bits per heavy atom. The number of piperidine rings is 1. The van der Waals surface area contributed by atoms with E-state index in [0.29, 0.717) is 12.5 Å². The van der Waals surface area contributed by atoms with Crippen LogP contribution in [0.2, 0.25) is 0 Å². The fourth-order valence-corrected chi connectivity index (χ4v) is 2.50. The summed E-state index contributed by atoms with van der Waals surface area (Å²) in [7, 11) is 3.73. The van der Waals surface area contributed by atoms with Gasteiger partial charge in [0, 0.05) is 18.2 Å². The highest BCUT2D eigenvalue weighted by atomic mass is 16.5. The molecule has 1 aromatic rings. The lowest BCUT2D eigenvalue weighted by Crippen LogP contribution is -2.38. The van der Waals surface area contributed by atoms with Crippen LogP contribution in [-0.2, 0) is 4.79 Å². The molecule has 0 saturated carbocycles. The van der Waals surface area contributed by atoms with E-state index < -0.39 is 0 Å². The minimum absolute atomic E-state index is 0.0870. The van der Waals surface area contributed by atoms with Crippen LogP contribution in [0.15, 0.2) is 24.3 Å². The van der Waals surface area contributed by atoms with E-state index in [1.807, 2.05) is 24.3 Å². The van der Waals surface area contributed by atoms with Gasteiger partial charge < -0.3 is 15.0 Å². The van der Waals surface area contributed by atoms with Crippen LogP contribution in [0, 0.1) is 0 Å². The Bertz CT molecular complexity index is 417. The lowest BCUT2D eigenvalue weighted by atomic mass is 10.00. The Morgan fingerprint density at radius 1 is 1.37 bits per heavy atom. The number of nitrogens with zero attached hydrogens (tertiary/aromatic N) is 1. The van der Waals surface area contributed by atoms with Crippen LogP contribution in [0.4, 0.5) is 5.69 Å². The largest absolute Gasteiger partial charge is 0.497 e. The topological polar surface area (TPSA) is 41.6 Å². The van der Waals surface area contributed by atoms with Gasteiger partial charge in [-0.15, -0.1) is 0 Å². The second kappa shape index (κ2) is 6.57. The maximum Gasteiger partial charge on any atom is 0.225 e. The van der Waals surface area contributed by atoms with Crippen molar-refractivity contribution in [3.63, 3.8) is 0 Å². The quantitative estimate of drug-likeness (QED) is 0.906. The van der Waals surface area contributed by atoms with E-state index in [0.717, 1.165) is 24.4 Å². The number of hydrogen-bond donors (Lipinski definition) is 1. The highest BCUT2D eigenvalue weighted by molar-refractivity contribution is 5.91. The maximum atomic E-state index is 12.0. The summed E-state index contributed by atoms with van der Waals surface area (Å²) in [6.45, 7) is 1.10. The minimum atomic E-state index is 0.0870. The molecule has 2 rings (SSSR count). The van der Waals surface area contributed by atoms with E-state index >= 15 is 0 Å². The van der Waals surface area contributed by atoms with Gasteiger partial charge in [0.2, 0.25) is 5.91 Å². The third-order valence-electron chi connectivity index (χ3n) is 3.72. The number of carbonyl (C=O) groups is 1. The number of methoxy groups -OCH3 is 1. The predicted octanol–water partition coefficient (Wildman–Crippen LogP) is 2.51. The molecule has 1 amide bonds. The summed E-state index contributed by atoms with van der Waals surface area (Å²) in [5.74, 6) is 0.883. The Morgan fingerprint density at radius 2 is 2.11 bits per heavy atom. The van der Waals surface area contributed by atoms with Gasteiger partial charge in [0.05, 0.1) is 7.11 Å². The summed E-state index contributed by atoms with van der Waals surface area (Å²) in [4.78, 5) is 14.3. The molecule has 104 valence electrons. The lowest BCUT2D eigenvalue weighted by molar-refractivity contribution is -0.117. The minimum Gasteiger partial charge on any atom is -0.497 e. The zero-order valence-electron chi connectivity index (χ0n) is 11.7. The van der Waals surface area contributed by atoms with Crippen molar-refractivity contribution in [2.24, 2.45) is 0 Å². The lowest BCUT2D eigenvalue weighted by Gasteiger charge is -2.31. The average molecular weight is 262 g/mol. The third-order valence-corrected chi connectivity index (χ3v) is 3.72. The number of benzene rings is 1. The van der Waals surface area contributed by atoms with Crippen molar-refractivity contribution in [2.75, 3.05) is 26.0 Å². The zero-order chi connectivity index (χ0) is 13.7. The van der Waals surface area contributed by atoms with Crippen LogP contribution in [-0.4, -0.2) is 37.6 Å². The molecule has 1 aliphatic rings. The monoisotopic (exact) mass is 262 g/mol. The Balaban J connectivity index is 1.86. The number of likely N-dealkylation sites (tertiary alicyclic amines) is 1. The van der Waals surface area contributed by atoms with Gasteiger partial charge in [-0.1, -0.05) is 6.42 Å². The molecule has 1 atom stereocenters. The molecule has 1 aliphatic heterocycles. The van der Waals surface area contributed by atoms with Crippen LogP contribution >= 0.6 is 0 Å². The van der Waals surface area contributed by atoms with Crippen molar-refractivity contribution >= 4 is 11.6 Å². The Hall–Kier alpha value is -1.55. The molecule has 0 aliphatic carbocycles. The fourth-order valence-electron chi connectivity index (χ4n) is 2.50. The first-order valence-electron chi connectivity index (χ1n) is 6.83. The van der Waals surface area contributed by atoms with Gasteiger partial charge in [-0.25, -0.2) is 0 Å². The molecule has 1 saturated heterocycles. The second-order valence-corrected chi connectivity index (χ2v) is 5.11. The molecule has 4 heteroatoms. The maximum absolute atomic E-state index is 12.0. The van der Waals surface area contributed by atoms with Crippen LogP contribution in [0.5, 0.6) is 5.75 Å². The molecule has 1 fully saturated rings. The van der Waals surface area contributed by atoms with E-state index in [4.69, 9.17) is 4.74 Å². The summed E-state index contributed by atoms with van der Waals surface area (Å²) in [5, 5.41) is 2.94. The molecule has 0 bridgehead atoms. The van der Waals surface area contributed by atoms with Crippen LogP contribution in [0.1, 0.15) is 25.7 Å². The molecule has 0 spiro atoms. The fraction of sp³-hybridized carbons (Fsp3) is 0.533. The summed E-state index contributed by atoms with van der Waals surface area (Å²) >= 11 is 0. The van der Waals surface area contributed by atoms with Crippen molar-refractivity contribution in [1.82, 2.24) is 4.90 Å². The van der Waals surface area contributed by atoms with Crippen molar-refractivity contribution in [2.45, 2.75) is 31.7 Å². The normalized spacial score (nSPS) is 20.0. The number of amides is 1. The first-order chi connectivity index (χ1) is 9.19. The molecule has 1 aromatic carbocycles. The van der Waals surface area contributed by atoms with Crippen molar-refractivity contribution in [1.29, 1.82) is 0 Å². The number of nitrogens with one attached hydrogen (secondary N) is 1. The number of hydrogen-bond acceptors (Lipinski definition) is 3. The molecule has 1 unspecified atom stereocenters. The first-order valence-corrected chi connectivity index (χ1v) is 6.83. The van der Waals surface area contributed by atoms with Gasteiger partial charge in [-0.2, -0.15) is 0 Å². The third kappa shape index (κ3) is 3.96. The van der Waals surface area contributed by atoms with Crippen molar-refractivity contribution in [3.8, 4) is 5.75 Å². The Kier molecular flexibility index (Phi) is 4.80. The molecule has 1 N–H and O–H groups in total. The van der Waals surface area contributed by atoms with E-state index in [1.54, 1.807) is 7.11 Å². The average Bonchev–Trinajstić information content (AvgIpc) is 2.42. The highest BCUT2D eigenvalue weighted by Gasteiger charge is 2.21. The number of anilines is 1. The summed E-state index contributed by atoms with van der Waals surface area (Å²) in [6.07, 6.45) is 4.16. The molecule has 19 heavy (non-hydrogen) atoms. The molecule has 0 radical (unpaired) electrons. The summed E-state index contributed by atoms with van der Waals surface area (Å²) in [6, 6.07) is 7.81. The molecule has 0 aromatic heterocycles. The number of carbonyl (C=O) groups excluding carboxylic acids is 1. The molecule has 1 heterocycles. The Labute approximate surface area is 114 Å². The summed E-state index contributed by atoms with van der Waals surface area (Å²) < 4.78 is 5.09. The summed E-state index contributed by atoms with van der Waals surface area (Å²) in [5.41, 5.74) is 0.823. The highest BCUT2D eigenvalue weighted by Crippen LogP contribution is 2.19. The predicted molar refractivity (Wildman–Crippen MR) is 76.5 cm³/mol. The van der Waals surface area contributed by atoms with E-state index in [2.05, 4.69) is 17.3 Å². The van der Waals surface area contributed by atoms with E-state index in [9.17, 15) is 4.79 Å². The molecule has 4 nitrogen and oxygen atoms in total. The van der Waals surface area contributed by atoms with Crippen LogP contribution in [0.25, 0.3) is 0 Å². The van der Waals surface area contributed by atoms with Crippen LogP contribution < -0.4 is 10.1 Å². The molecular formula is C15H22N2O2.